The molecule has 0 bridgehead atoms. The molecule has 0 aliphatic rings. The van der Waals surface area contributed by atoms with E-state index in [-0.39, 0.29) is 11.6 Å². The molecular formula is C30H36O2Si. The van der Waals surface area contributed by atoms with Gasteiger partial charge in [0.1, 0.15) is 0 Å². The molecule has 2 nitrogen and oxygen atoms in total. The molecule has 0 aromatic heterocycles. The third kappa shape index (κ3) is 7.81. The molecule has 0 heterocycles. The second kappa shape index (κ2) is 13.3. The Morgan fingerprint density at radius 2 is 1.42 bits per heavy atom. The lowest BCUT2D eigenvalue weighted by atomic mass is 9.82. The molecule has 0 atom stereocenters. The summed E-state index contributed by atoms with van der Waals surface area (Å²) in [4.78, 5) is 0. The van der Waals surface area contributed by atoms with Gasteiger partial charge in [-0.3, -0.25) is 0 Å². The van der Waals surface area contributed by atoms with Crippen LogP contribution >= 0.6 is 0 Å². The van der Waals surface area contributed by atoms with Crippen LogP contribution in [-0.2, 0) is 10.8 Å². The second-order valence-corrected chi connectivity index (χ2v) is 10.8. The molecule has 3 rings (SSSR count). The van der Waals surface area contributed by atoms with Crippen LogP contribution in [0.25, 0.3) is 6.08 Å². The van der Waals surface area contributed by atoms with Crippen molar-refractivity contribution in [2.24, 2.45) is 0 Å². The molecule has 2 radical (unpaired) electrons. The molecule has 0 aliphatic carbocycles. The van der Waals surface area contributed by atoms with Crippen molar-refractivity contribution in [3.63, 3.8) is 0 Å². The topological polar surface area (TPSA) is 29.5 Å². The van der Waals surface area contributed by atoms with Crippen molar-refractivity contribution in [3.05, 3.63) is 113 Å². The first-order valence-electron chi connectivity index (χ1n) is 12.0. The van der Waals surface area contributed by atoms with Crippen LogP contribution in [0, 0.1) is 0 Å². The summed E-state index contributed by atoms with van der Waals surface area (Å²) in [5, 5.41) is 9.05. The molecule has 3 heteroatoms. The first-order valence-corrected chi connectivity index (χ1v) is 12.9. The van der Waals surface area contributed by atoms with E-state index in [1.54, 1.807) is 6.08 Å². The number of unbranched alkanes of at least 4 members (excludes halogenated alkanes) is 2. The Bertz CT molecular complexity index is 927. The summed E-state index contributed by atoms with van der Waals surface area (Å²) in [5.74, 6) is 0.307. The molecule has 33 heavy (non-hydrogen) atoms. The van der Waals surface area contributed by atoms with Crippen LogP contribution in [0.3, 0.4) is 0 Å². The van der Waals surface area contributed by atoms with Crippen molar-refractivity contribution < 1.29 is 9.53 Å². The van der Waals surface area contributed by atoms with Crippen molar-refractivity contribution in [2.45, 2.75) is 50.5 Å². The van der Waals surface area contributed by atoms with E-state index in [0.717, 1.165) is 32.3 Å². The third-order valence-corrected chi connectivity index (χ3v) is 7.14. The molecule has 0 saturated carbocycles. The quantitative estimate of drug-likeness (QED) is 0.220. The highest BCUT2D eigenvalue weighted by atomic mass is 28.2. The number of aryl methyl sites for hydroxylation is 1. The summed E-state index contributed by atoms with van der Waals surface area (Å²) in [7, 11) is 0.440. The largest absolute Gasteiger partial charge is 0.417 e. The Hall–Kier alpha value is -2.46. The van der Waals surface area contributed by atoms with E-state index < -0.39 is 0 Å². The summed E-state index contributed by atoms with van der Waals surface area (Å²) in [6.45, 7) is 5.54. The smallest absolute Gasteiger partial charge is 0.236 e. The highest BCUT2D eigenvalue weighted by Gasteiger charge is 2.33. The SMILES string of the molecule is CC(C)([Si]OCCCCCc1ccccc1/C=C/CO)C(c1ccccc1)c1ccccc1. The highest BCUT2D eigenvalue weighted by Crippen LogP contribution is 2.45. The van der Waals surface area contributed by atoms with Gasteiger partial charge >= 0.3 is 0 Å². The van der Waals surface area contributed by atoms with Crippen LogP contribution in [0.1, 0.15) is 61.3 Å². The molecule has 0 fully saturated rings. The minimum atomic E-state index is 0.0146. The molecule has 0 saturated heterocycles. The average molecular weight is 457 g/mol. The molecule has 0 aliphatic heterocycles. The van der Waals surface area contributed by atoms with Gasteiger partial charge < -0.3 is 9.53 Å². The van der Waals surface area contributed by atoms with E-state index in [4.69, 9.17) is 9.53 Å². The van der Waals surface area contributed by atoms with Gasteiger partial charge in [0.15, 0.2) is 0 Å². The second-order valence-electron chi connectivity index (χ2n) is 9.02. The minimum absolute atomic E-state index is 0.0146. The van der Waals surface area contributed by atoms with Gasteiger partial charge in [-0.15, -0.1) is 0 Å². The number of rotatable bonds is 13. The first-order chi connectivity index (χ1) is 16.1. The summed E-state index contributed by atoms with van der Waals surface area (Å²) >= 11 is 0. The normalized spacial score (nSPS) is 12.0. The van der Waals surface area contributed by atoms with Gasteiger partial charge in [-0.05, 0) is 46.6 Å². The number of aliphatic hydroxyl groups is 1. The Balaban J connectivity index is 1.48. The molecule has 0 amide bonds. The Labute approximate surface area is 202 Å². The minimum Gasteiger partial charge on any atom is -0.417 e. The monoisotopic (exact) mass is 456 g/mol. The standard InChI is InChI=1S/C30H36O2Si/c1-30(2,29(27-18-6-3-7-19-27)28-20-8-4-9-21-28)33-32-24-13-5-10-15-25-16-11-12-17-26(25)22-14-23-31/h3-4,6-9,11-12,14,16-22,29,31H,5,10,13,15,23-24H2,1-2H3/b22-14+. The van der Waals surface area contributed by atoms with Crippen LogP contribution in [0.15, 0.2) is 91.0 Å². The maximum atomic E-state index is 9.04. The van der Waals surface area contributed by atoms with Crippen LogP contribution in [0.2, 0.25) is 5.04 Å². The van der Waals surface area contributed by atoms with Crippen LogP contribution in [-0.4, -0.2) is 28.1 Å². The first kappa shape index (κ1) is 25.2. The maximum absolute atomic E-state index is 9.04. The summed E-state index contributed by atoms with van der Waals surface area (Å²) < 4.78 is 6.24. The number of aliphatic hydroxyl groups excluding tert-OH is 1. The lowest BCUT2D eigenvalue weighted by Gasteiger charge is -2.34. The zero-order valence-corrected chi connectivity index (χ0v) is 20.9. The average Bonchev–Trinajstić information content (AvgIpc) is 2.84. The number of hydrogen-bond donors (Lipinski definition) is 1. The van der Waals surface area contributed by atoms with Crippen LogP contribution in [0.5, 0.6) is 0 Å². The maximum Gasteiger partial charge on any atom is 0.236 e. The molecule has 3 aromatic rings. The molecule has 172 valence electrons. The molecule has 3 aromatic carbocycles. The Kier molecular flexibility index (Phi) is 10.1. The molecule has 0 unspecified atom stereocenters. The van der Waals surface area contributed by atoms with E-state index in [1.807, 2.05) is 6.08 Å². The van der Waals surface area contributed by atoms with Crippen molar-refractivity contribution in [1.29, 1.82) is 0 Å². The Morgan fingerprint density at radius 3 is 2.06 bits per heavy atom. The van der Waals surface area contributed by atoms with E-state index in [2.05, 4.69) is 98.8 Å². The highest BCUT2D eigenvalue weighted by molar-refractivity contribution is 6.32. The van der Waals surface area contributed by atoms with Crippen molar-refractivity contribution in [1.82, 2.24) is 0 Å². The zero-order valence-electron chi connectivity index (χ0n) is 19.9. The van der Waals surface area contributed by atoms with E-state index in [1.165, 1.54) is 22.3 Å². The van der Waals surface area contributed by atoms with E-state index in [0.29, 0.717) is 15.7 Å². The number of benzene rings is 3. The van der Waals surface area contributed by atoms with Gasteiger partial charge in [-0.1, -0.05) is 117 Å². The van der Waals surface area contributed by atoms with Crippen molar-refractivity contribution >= 4 is 15.8 Å². The lowest BCUT2D eigenvalue weighted by Crippen LogP contribution is -2.25. The van der Waals surface area contributed by atoms with Gasteiger partial charge in [0.05, 0.1) is 6.61 Å². The Morgan fingerprint density at radius 1 is 0.818 bits per heavy atom. The van der Waals surface area contributed by atoms with E-state index in [9.17, 15) is 0 Å². The van der Waals surface area contributed by atoms with Gasteiger partial charge in [0.25, 0.3) is 0 Å². The van der Waals surface area contributed by atoms with Gasteiger partial charge in [-0.25, -0.2) is 0 Å². The van der Waals surface area contributed by atoms with Gasteiger partial charge in [0, 0.05) is 12.5 Å². The summed E-state index contributed by atoms with van der Waals surface area (Å²) in [6, 6.07) is 30.1. The van der Waals surface area contributed by atoms with E-state index >= 15 is 0 Å². The van der Waals surface area contributed by atoms with Crippen molar-refractivity contribution in [2.75, 3.05) is 13.2 Å². The lowest BCUT2D eigenvalue weighted by molar-refractivity contribution is 0.301. The number of hydrogen-bond acceptors (Lipinski definition) is 2. The van der Waals surface area contributed by atoms with Crippen molar-refractivity contribution in [3.8, 4) is 0 Å². The summed E-state index contributed by atoms with van der Waals surface area (Å²) in [5.41, 5.74) is 5.25. The fourth-order valence-electron chi connectivity index (χ4n) is 4.38. The molecule has 1 N–H and O–H groups in total. The summed E-state index contributed by atoms with van der Waals surface area (Å²) in [6.07, 6.45) is 8.26. The predicted molar refractivity (Wildman–Crippen MR) is 141 cm³/mol. The predicted octanol–water partition coefficient (Wildman–Crippen LogP) is 7.07. The molecular weight excluding hydrogens is 420 g/mol. The van der Waals surface area contributed by atoms with Gasteiger partial charge in [0.2, 0.25) is 9.76 Å². The zero-order chi connectivity index (χ0) is 23.4. The van der Waals surface area contributed by atoms with Crippen LogP contribution in [0.4, 0.5) is 0 Å². The van der Waals surface area contributed by atoms with Crippen LogP contribution < -0.4 is 0 Å². The fourth-order valence-corrected chi connectivity index (χ4v) is 5.45. The fraction of sp³-hybridized carbons (Fsp3) is 0.333. The van der Waals surface area contributed by atoms with Gasteiger partial charge in [-0.2, -0.15) is 0 Å². The molecule has 0 spiro atoms. The third-order valence-electron chi connectivity index (χ3n) is 5.97.